The molecule has 3 aromatic heterocycles. The quantitative estimate of drug-likeness (QED) is 0.535. The van der Waals surface area contributed by atoms with Gasteiger partial charge in [-0.05, 0) is 12.1 Å². The number of carbonyl (C=O) groups excluding carboxylic acids is 1. The molecule has 5 rings (SSSR count). The van der Waals surface area contributed by atoms with Gasteiger partial charge in [0.1, 0.15) is 12.1 Å². The fraction of sp³-hybridized carbons (Fsp3) is 0.190. The highest BCUT2D eigenvalue weighted by atomic mass is 16.5. The van der Waals surface area contributed by atoms with Crippen LogP contribution in [0.5, 0.6) is 0 Å². The Morgan fingerprint density at radius 1 is 0.966 bits per heavy atom. The second-order valence-electron chi connectivity index (χ2n) is 6.83. The summed E-state index contributed by atoms with van der Waals surface area (Å²) in [5.41, 5.74) is 2.86. The van der Waals surface area contributed by atoms with E-state index >= 15 is 0 Å². The number of piperazine rings is 1. The molecule has 0 spiro atoms. The van der Waals surface area contributed by atoms with Crippen LogP contribution in [-0.4, -0.2) is 57.1 Å². The number of amides is 1. The fourth-order valence-electron chi connectivity index (χ4n) is 3.60. The normalized spacial score (nSPS) is 14.3. The van der Waals surface area contributed by atoms with E-state index in [9.17, 15) is 4.79 Å². The van der Waals surface area contributed by atoms with Crippen molar-refractivity contribution in [3.63, 3.8) is 0 Å². The molecule has 0 atom stereocenters. The predicted octanol–water partition coefficient (Wildman–Crippen LogP) is 2.64. The van der Waals surface area contributed by atoms with Crippen LogP contribution in [0, 0.1) is 0 Å². The summed E-state index contributed by atoms with van der Waals surface area (Å²) < 4.78 is 4.99. The molecule has 1 aliphatic heterocycles. The van der Waals surface area contributed by atoms with Crippen molar-refractivity contribution < 1.29 is 9.32 Å². The number of fused-ring (bicyclic) bond motifs is 1. The number of hydrogen-bond donors (Lipinski definition) is 0. The molecule has 29 heavy (non-hydrogen) atoms. The van der Waals surface area contributed by atoms with Gasteiger partial charge in [-0.1, -0.05) is 23.4 Å². The molecule has 1 aliphatic rings. The molecule has 1 saturated heterocycles. The number of aromatic nitrogens is 4. The number of hydrogen-bond acceptors (Lipinski definition) is 7. The van der Waals surface area contributed by atoms with Crippen molar-refractivity contribution >= 4 is 22.6 Å². The zero-order valence-corrected chi connectivity index (χ0v) is 15.6. The molecule has 1 amide bonds. The van der Waals surface area contributed by atoms with E-state index in [2.05, 4.69) is 26.1 Å². The Morgan fingerprint density at radius 2 is 1.79 bits per heavy atom. The number of pyridine rings is 1. The van der Waals surface area contributed by atoms with Crippen LogP contribution in [0.3, 0.4) is 0 Å². The van der Waals surface area contributed by atoms with E-state index in [0.717, 1.165) is 27.8 Å². The first kappa shape index (κ1) is 17.3. The fourth-order valence-corrected chi connectivity index (χ4v) is 3.60. The highest BCUT2D eigenvalue weighted by Gasteiger charge is 2.25. The molecular formula is C21H18N6O2. The Kier molecular flexibility index (Phi) is 4.36. The van der Waals surface area contributed by atoms with Gasteiger partial charge in [-0.2, -0.15) is 0 Å². The predicted molar refractivity (Wildman–Crippen MR) is 107 cm³/mol. The zero-order valence-electron chi connectivity index (χ0n) is 15.6. The van der Waals surface area contributed by atoms with Crippen molar-refractivity contribution in [2.24, 2.45) is 0 Å². The van der Waals surface area contributed by atoms with E-state index in [4.69, 9.17) is 9.51 Å². The van der Waals surface area contributed by atoms with E-state index in [1.54, 1.807) is 23.4 Å². The van der Waals surface area contributed by atoms with Gasteiger partial charge in [0, 0.05) is 61.2 Å². The standard InChI is InChI=1S/C21H18N6O2/c28-21(18-6-7-24-29-18)27-10-8-26(9-11-27)19-5-4-15-2-1-3-17(20(15)25-19)16-12-22-14-23-13-16/h1-7,12-14H,8-11H2. The SMILES string of the molecule is O=C(c1ccno1)N1CCN(c2ccc3cccc(-c4cncnc4)c3n2)CC1. The van der Waals surface area contributed by atoms with Gasteiger partial charge in [0.05, 0.1) is 11.7 Å². The van der Waals surface area contributed by atoms with Crippen molar-refractivity contribution in [2.75, 3.05) is 31.1 Å². The third kappa shape index (κ3) is 3.29. The minimum absolute atomic E-state index is 0.125. The van der Waals surface area contributed by atoms with Crippen LogP contribution >= 0.6 is 0 Å². The van der Waals surface area contributed by atoms with Crippen molar-refractivity contribution in [1.82, 2.24) is 25.0 Å². The van der Waals surface area contributed by atoms with Crippen LogP contribution in [0.2, 0.25) is 0 Å². The van der Waals surface area contributed by atoms with Gasteiger partial charge in [0.15, 0.2) is 0 Å². The third-order valence-corrected chi connectivity index (χ3v) is 5.12. The summed E-state index contributed by atoms with van der Waals surface area (Å²) in [5, 5.41) is 4.68. The highest BCUT2D eigenvalue weighted by Crippen LogP contribution is 2.28. The van der Waals surface area contributed by atoms with Gasteiger partial charge < -0.3 is 14.3 Å². The molecule has 144 valence electrons. The van der Waals surface area contributed by atoms with E-state index < -0.39 is 0 Å². The van der Waals surface area contributed by atoms with Crippen molar-refractivity contribution in [1.29, 1.82) is 0 Å². The lowest BCUT2D eigenvalue weighted by atomic mass is 10.0. The smallest absolute Gasteiger partial charge is 0.292 e. The molecule has 8 nitrogen and oxygen atoms in total. The molecule has 4 heterocycles. The summed E-state index contributed by atoms with van der Waals surface area (Å²) in [6.07, 6.45) is 6.60. The molecule has 1 fully saturated rings. The summed E-state index contributed by atoms with van der Waals surface area (Å²) in [5.74, 6) is 1.05. The van der Waals surface area contributed by atoms with Crippen LogP contribution in [0.4, 0.5) is 5.82 Å². The number of carbonyl (C=O) groups is 1. The lowest BCUT2D eigenvalue weighted by Crippen LogP contribution is -2.49. The lowest BCUT2D eigenvalue weighted by Gasteiger charge is -2.35. The van der Waals surface area contributed by atoms with E-state index in [1.165, 1.54) is 12.5 Å². The molecule has 4 aromatic rings. The summed E-state index contributed by atoms with van der Waals surface area (Å²) in [4.78, 5) is 29.6. The second kappa shape index (κ2) is 7.31. The van der Waals surface area contributed by atoms with Crippen molar-refractivity contribution in [2.45, 2.75) is 0 Å². The molecule has 0 aliphatic carbocycles. The molecular weight excluding hydrogens is 368 g/mol. The molecule has 1 aromatic carbocycles. The second-order valence-corrected chi connectivity index (χ2v) is 6.83. The lowest BCUT2D eigenvalue weighted by molar-refractivity contribution is 0.0704. The van der Waals surface area contributed by atoms with E-state index in [-0.39, 0.29) is 11.7 Å². The Bertz CT molecular complexity index is 1140. The maximum atomic E-state index is 12.4. The average Bonchev–Trinajstić information content (AvgIpc) is 3.33. The number of nitrogens with zero attached hydrogens (tertiary/aromatic N) is 6. The number of para-hydroxylation sites is 1. The molecule has 0 unspecified atom stereocenters. The largest absolute Gasteiger partial charge is 0.353 e. The zero-order chi connectivity index (χ0) is 19.6. The monoisotopic (exact) mass is 386 g/mol. The Hall–Kier alpha value is -3.81. The Labute approximate surface area is 166 Å². The molecule has 0 N–H and O–H groups in total. The Morgan fingerprint density at radius 3 is 2.55 bits per heavy atom. The van der Waals surface area contributed by atoms with Gasteiger partial charge in [-0.3, -0.25) is 4.79 Å². The first-order valence-electron chi connectivity index (χ1n) is 9.40. The van der Waals surface area contributed by atoms with Crippen molar-refractivity contribution in [3.8, 4) is 11.1 Å². The molecule has 0 bridgehead atoms. The van der Waals surface area contributed by atoms with Gasteiger partial charge in [-0.25, -0.2) is 15.0 Å². The maximum Gasteiger partial charge on any atom is 0.292 e. The van der Waals surface area contributed by atoms with Gasteiger partial charge in [0.25, 0.3) is 5.91 Å². The number of anilines is 1. The average molecular weight is 386 g/mol. The molecule has 8 heteroatoms. The maximum absolute atomic E-state index is 12.4. The van der Waals surface area contributed by atoms with Crippen molar-refractivity contribution in [3.05, 3.63) is 67.1 Å². The first-order valence-corrected chi connectivity index (χ1v) is 9.40. The third-order valence-electron chi connectivity index (χ3n) is 5.12. The van der Waals surface area contributed by atoms with Crippen LogP contribution in [0.15, 0.2) is 65.8 Å². The van der Waals surface area contributed by atoms with Gasteiger partial charge in [0.2, 0.25) is 5.76 Å². The minimum Gasteiger partial charge on any atom is -0.353 e. The summed E-state index contributed by atoms with van der Waals surface area (Å²) in [7, 11) is 0. The topological polar surface area (TPSA) is 88.3 Å². The van der Waals surface area contributed by atoms with E-state index in [1.807, 2.05) is 24.3 Å². The summed E-state index contributed by atoms with van der Waals surface area (Å²) >= 11 is 0. The summed E-state index contributed by atoms with van der Waals surface area (Å²) in [6, 6.07) is 11.8. The number of benzene rings is 1. The van der Waals surface area contributed by atoms with Gasteiger partial charge >= 0.3 is 0 Å². The highest BCUT2D eigenvalue weighted by molar-refractivity contribution is 5.94. The van der Waals surface area contributed by atoms with E-state index in [0.29, 0.717) is 26.2 Å². The molecule has 0 saturated carbocycles. The van der Waals surface area contributed by atoms with Crippen LogP contribution < -0.4 is 4.90 Å². The first-order chi connectivity index (χ1) is 14.3. The van der Waals surface area contributed by atoms with Crippen LogP contribution in [0.1, 0.15) is 10.6 Å². The number of rotatable bonds is 3. The van der Waals surface area contributed by atoms with Crippen LogP contribution in [-0.2, 0) is 0 Å². The summed E-state index contributed by atoms with van der Waals surface area (Å²) in [6.45, 7) is 2.62. The van der Waals surface area contributed by atoms with Crippen LogP contribution in [0.25, 0.3) is 22.0 Å². The van der Waals surface area contributed by atoms with Gasteiger partial charge in [-0.15, -0.1) is 0 Å². The Balaban J connectivity index is 1.39. The minimum atomic E-state index is -0.125. The molecule has 0 radical (unpaired) electrons.